The Bertz CT molecular complexity index is 1180. The molecule has 2 saturated carbocycles. The molecular formula is C28H34N4O3S. The first-order valence-corrected chi connectivity index (χ1v) is 14.2. The summed E-state index contributed by atoms with van der Waals surface area (Å²) in [6.45, 7) is 2.01. The van der Waals surface area contributed by atoms with Gasteiger partial charge in [-0.05, 0) is 73.8 Å². The van der Waals surface area contributed by atoms with Crippen LogP contribution in [0.5, 0.6) is 0 Å². The number of carbonyl (C=O) groups excluding carboxylic acids is 2. The number of fused-ring (bicyclic) bond motifs is 2. The quantitative estimate of drug-likeness (QED) is 0.307. The van der Waals surface area contributed by atoms with Crippen LogP contribution in [0.15, 0.2) is 36.4 Å². The number of nitrogens with one attached hydrogen (secondary N) is 3. The van der Waals surface area contributed by atoms with Gasteiger partial charge in [-0.1, -0.05) is 36.9 Å². The largest absolute Gasteiger partial charge is 0.395 e. The molecule has 2 aliphatic carbocycles. The van der Waals surface area contributed by atoms with E-state index in [2.05, 4.69) is 26.3 Å². The number of carbonyl (C=O) groups is 2. The zero-order chi connectivity index (χ0) is 24.8. The Morgan fingerprint density at radius 2 is 1.83 bits per heavy atom. The number of amides is 2. The summed E-state index contributed by atoms with van der Waals surface area (Å²) in [6, 6.07) is 11.7. The van der Waals surface area contributed by atoms with Crippen molar-refractivity contribution in [3.8, 4) is 0 Å². The van der Waals surface area contributed by atoms with E-state index in [-0.39, 0.29) is 18.4 Å². The zero-order valence-electron chi connectivity index (χ0n) is 20.6. The van der Waals surface area contributed by atoms with Crippen molar-refractivity contribution in [1.82, 2.24) is 0 Å². The first-order valence-electron chi connectivity index (χ1n) is 13.2. The number of benzene rings is 2. The maximum atomic E-state index is 13.7. The molecule has 4 aliphatic rings. The summed E-state index contributed by atoms with van der Waals surface area (Å²) in [5.41, 5.74) is 5.04. The number of anilines is 4. The average Bonchev–Trinajstić information content (AvgIpc) is 3.33. The molecule has 190 valence electrons. The highest BCUT2D eigenvalue weighted by molar-refractivity contribution is 8.00. The minimum absolute atomic E-state index is 0.0653. The number of rotatable bonds is 7. The maximum absolute atomic E-state index is 13.7. The van der Waals surface area contributed by atoms with Gasteiger partial charge in [-0.2, -0.15) is 0 Å². The van der Waals surface area contributed by atoms with E-state index in [1.54, 1.807) is 0 Å². The van der Waals surface area contributed by atoms with E-state index in [9.17, 15) is 9.59 Å². The van der Waals surface area contributed by atoms with Crippen molar-refractivity contribution in [1.29, 1.82) is 0 Å². The minimum Gasteiger partial charge on any atom is -0.395 e. The Kier molecular flexibility index (Phi) is 6.12. The van der Waals surface area contributed by atoms with Gasteiger partial charge < -0.3 is 25.4 Å². The molecule has 2 spiro atoms. The van der Waals surface area contributed by atoms with Crippen LogP contribution in [0.25, 0.3) is 0 Å². The second kappa shape index (κ2) is 9.30. The summed E-state index contributed by atoms with van der Waals surface area (Å²) >= 11 is 1.45. The van der Waals surface area contributed by atoms with Crippen molar-refractivity contribution >= 4 is 46.5 Å². The van der Waals surface area contributed by atoms with Crippen molar-refractivity contribution in [2.24, 2.45) is 5.41 Å². The van der Waals surface area contributed by atoms with E-state index in [1.807, 2.05) is 30.3 Å². The number of hydrogen-bond donors (Lipinski definition) is 4. The van der Waals surface area contributed by atoms with E-state index in [0.717, 1.165) is 61.4 Å². The normalized spacial score (nSPS) is 20.9. The van der Waals surface area contributed by atoms with Crippen molar-refractivity contribution in [3.63, 3.8) is 0 Å². The fraction of sp³-hybridized carbons (Fsp3) is 0.500. The second-order valence-corrected chi connectivity index (χ2v) is 11.7. The molecule has 3 fully saturated rings. The van der Waals surface area contributed by atoms with Crippen molar-refractivity contribution < 1.29 is 14.7 Å². The molecule has 1 saturated heterocycles. The molecule has 0 radical (unpaired) electrons. The minimum atomic E-state index is -0.437. The van der Waals surface area contributed by atoms with E-state index in [4.69, 9.17) is 5.11 Å². The first-order chi connectivity index (χ1) is 17.5. The third-order valence-corrected chi connectivity index (χ3v) is 9.47. The smallest absolute Gasteiger partial charge is 0.257 e. The van der Waals surface area contributed by atoms with Crippen LogP contribution in [-0.2, 0) is 10.2 Å². The van der Waals surface area contributed by atoms with Gasteiger partial charge >= 0.3 is 0 Å². The summed E-state index contributed by atoms with van der Waals surface area (Å²) in [5.74, 6) is 0.493. The predicted molar refractivity (Wildman–Crippen MR) is 146 cm³/mol. The molecule has 0 unspecified atom stereocenters. The first kappa shape index (κ1) is 23.7. The molecule has 0 aromatic heterocycles. The number of aliphatic hydroxyl groups is 1. The van der Waals surface area contributed by atoms with Crippen LogP contribution in [-0.4, -0.2) is 42.4 Å². The lowest BCUT2D eigenvalue weighted by molar-refractivity contribution is -0.120. The van der Waals surface area contributed by atoms with Crippen molar-refractivity contribution in [2.45, 2.75) is 56.8 Å². The van der Waals surface area contributed by atoms with Gasteiger partial charge in [-0.15, -0.1) is 0 Å². The van der Waals surface area contributed by atoms with Gasteiger partial charge in [0.2, 0.25) is 5.91 Å². The van der Waals surface area contributed by atoms with Gasteiger partial charge in [0.15, 0.2) is 0 Å². The number of hydrogen-bond acceptors (Lipinski definition) is 6. The summed E-state index contributed by atoms with van der Waals surface area (Å²) in [6.07, 6.45) is 8.86. The van der Waals surface area contributed by atoms with Crippen LogP contribution in [0, 0.1) is 5.41 Å². The molecule has 6 rings (SSSR count). The summed E-state index contributed by atoms with van der Waals surface area (Å²) < 4.78 is 3.29. The number of aliphatic hydroxyl groups excluding tert-OH is 1. The lowest BCUT2D eigenvalue weighted by atomic mass is 9.80. The number of piperidine rings is 1. The Labute approximate surface area is 216 Å². The van der Waals surface area contributed by atoms with Gasteiger partial charge in [-0.3, -0.25) is 9.59 Å². The summed E-state index contributed by atoms with van der Waals surface area (Å²) in [5, 5.41) is 15.3. The summed E-state index contributed by atoms with van der Waals surface area (Å²) in [7, 11) is 0. The van der Waals surface area contributed by atoms with Crippen molar-refractivity contribution in [3.05, 3.63) is 47.5 Å². The standard InChI is InChI=1S/C28H34N4O3S/c33-16-17-36-31-19-6-7-20(23(18-19)32-14-12-27(10-11-27)13-15-32)25(34)29-22-5-3-4-21-24(22)30-26(35)28(21)8-1-2-9-28/h3-7,18,31,33H,1-2,8-17H2,(H,29,34)(H,30,35). The highest BCUT2D eigenvalue weighted by Crippen LogP contribution is 2.54. The van der Waals surface area contributed by atoms with Crippen LogP contribution in [0.1, 0.15) is 67.3 Å². The fourth-order valence-corrected chi connectivity index (χ4v) is 6.82. The third kappa shape index (κ3) is 4.14. The third-order valence-electron chi connectivity index (χ3n) is 8.71. The Morgan fingerprint density at radius 1 is 1.06 bits per heavy atom. The Morgan fingerprint density at radius 3 is 2.56 bits per heavy atom. The lowest BCUT2D eigenvalue weighted by Gasteiger charge is -2.35. The van der Waals surface area contributed by atoms with Crippen LogP contribution in [0.3, 0.4) is 0 Å². The summed E-state index contributed by atoms with van der Waals surface area (Å²) in [4.78, 5) is 29.0. The van der Waals surface area contributed by atoms with Gasteiger partial charge in [0.05, 0.1) is 34.6 Å². The SMILES string of the molecule is O=C(Nc1cccc2c1NC(=O)C21CCCC1)c1ccc(NSCCO)cc1N1CCC2(CC1)CC2. The molecule has 8 heteroatoms. The van der Waals surface area contributed by atoms with Gasteiger partial charge in [-0.25, -0.2) is 0 Å². The molecule has 7 nitrogen and oxygen atoms in total. The topological polar surface area (TPSA) is 93.7 Å². The van der Waals surface area contributed by atoms with E-state index >= 15 is 0 Å². The molecule has 36 heavy (non-hydrogen) atoms. The van der Waals surface area contributed by atoms with E-state index in [1.165, 1.54) is 37.6 Å². The van der Waals surface area contributed by atoms with Gasteiger partial charge in [0.25, 0.3) is 5.91 Å². The van der Waals surface area contributed by atoms with Crippen LogP contribution in [0.4, 0.5) is 22.7 Å². The average molecular weight is 507 g/mol. The van der Waals surface area contributed by atoms with Crippen LogP contribution in [0.2, 0.25) is 0 Å². The molecule has 2 aliphatic heterocycles. The fourth-order valence-electron chi connectivity index (χ4n) is 6.34. The molecule has 2 heterocycles. The molecule has 4 N–H and O–H groups in total. The predicted octanol–water partition coefficient (Wildman–Crippen LogP) is 5.14. The zero-order valence-corrected chi connectivity index (χ0v) is 21.4. The molecule has 0 bridgehead atoms. The molecule has 2 aromatic rings. The van der Waals surface area contributed by atoms with E-state index in [0.29, 0.717) is 22.4 Å². The highest BCUT2D eigenvalue weighted by Gasteiger charge is 2.49. The molecule has 0 atom stereocenters. The van der Waals surface area contributed by atoms with E-state index < -0.39 is 5.41 Å². The lowest BCUT2D eigenvalue weighted by Crippen LogP contribution is -2.35. The Hall–Kier alpha value is -2.71. The monoisotopic (exact) mass is 506 g/mol. The number of nitrogens with zero attached hydrogens (tertiary/aromatic N) is 1. The van der Waals surface area contributed by atoms with Crippen LogP contribution >= 0.6 is 11.9 Å². The Balaban J connectivity index is 1.28. The molecule has 2 aromatic carbocycles. The number of para-hydroxylation sites is 1. The van der Waals surface area contributed by atoms with Crippen LogP contribution < -0.4 is 20.3 Å². The van der Waals surface area contributed by atoms with Gasteiger partial charge in [0, 0.05) is 24.5 Å². The highest BCUT2D eigenvalue weighted by atomic mass is 32.2. The molecule has 2 amide bonds. The maximum Gasteiger partial charge on any atom is 0.257 e. The second-order valence-electron chi connectivity index (χ2n) is 10.8. The van der Waals surface area contributed by atoms with Crippen molar-refractivity contribution in [2.75, 3.05) is 45.7 Å². The van der Waals surface area contributed by atoms with Gasteiger partial charge in [0.1, 0.15) is 0 Å². The molecular weight excluding hydrogens is 472 g/mol.